The molecule has 1 aliphatic heterocycles. The first-order valence-corrected chi connectivity index (χ1v) is 6.80. The molecule has 3 N–H and O–H groups in total. The third-order valence-electron chi connectivity index (χ3n) is 3.45. The number of benzene rings is 1. The number of piperidine rings is 1. The molecule has 0 saturated carbocycles. The minimum Gasteiger partial charge on any atom is -0.398 e. The quantitative estimate of drug-likeness (QED) is 0.778. The highest BCUT2D eigenvalue weighted by molar-refractivity contribution is 9.10. The van der Waals surface area contributed by atoms with E-state index in [1.165, 1.54) is 0 Å². The monoisotopic (exact) mass is 312 g/mol. The van der Waals surface area contributed by atoms with Crippen molar-refractivity contribution in [2.75, 3.05) is 18.8 Å². The minimum atomic E-state index is -0.431. The van der Waals surface area contributed by atoms with Crippen LogP contribution < -0.4 is 5.73 Å². The molecule has 0 spiro atoms. The van der Waals surface area contributed by atoms with Gasteiger partial charge in [0.2, 0.25) is 0 Å². The van der Waals surface area contributed by atoms with E-state index in [4.69, 9.17) is 5.73 Å². The van der Waals surface area contributed by atoms with Gasteiger partial charge in [0.05, 0.1) is 6.10 Å². The van der Waals surface area contributed by atoms with Crippen molar-refractivity contribution in [2.45, 2.75) is 19.4 Å². The summed E-state index contributed by atoms with van der Waals surface area (Å²) in [5, 5.41) is 9.82. The van der Waals surface area contributed by atoms with Gasteiger partial charge in [0.1, 0.15) is 0 Å². The molecule has 1 aromatic rings. The molecule has 0 aromatic heterocycles. The summed E-state index contributed by atoms with van der Waals surface area (Å²) in [7, 11) is 0. The van der Waals surface area contributed by atoms with E-state index < -0.39 is 6.10 Å². The van der Waals surface area contributed by atoms with E-state index in [2.05, 4.69) is 15.9 Å². The zero-order valence-electron chi connectivity index (χ0n) is 10.3. The molecular weight excluding hydrogens is 296 g/mol. The Morgan fingerprint density at radius 2 is 2.28 bits per heavy atom. The highest BCUT2D eigenvalue weighted by Crippen LogP contribution is 2.23. The molecule has 1 amide bonds. The van der Waals surface area contributed by atoms with Gasteiger partial charge in [-0.2, -0.15) is 0 Å². The fourth-order valence-electron chi connectivity index (χ4n) is 2.08. The third kappa shape index (κ3) is 2.67. The van der Waals surface area contributed by atoms with E-state index in [1.54, 1.807) is 23.1 Å². The minimum absolute atomic E-state index is 0.0540. The van der Waals surface area contributed by atoms with Gasteiger partial charge in [-0.25, -0.2) is 0 Å². The lowest BCUT2D eigenvalue weighted by Gasteiger charge is -2.34. The number of rotatable bonds is 1. The van der Waals surface area contributed by atoms with Crippen LogP contribution in [0, 0.1) is 5.92 Å². The second-order valence-corrected chi connectivity index (χ2v) is 5.68. The van der Waals surface area contributed by atoms with Crippen LogP contribution in [0.1, 0.15) is 23.7 Å². The van der Waals surface area contributed by atoms with Crippen LogP contribution in [0.2, 0.25) is 0 Å². The molecular formula is C13H17BrN2O2. The smallest absolute Gasteiger partial charge is 0.253 e. The predicted octanol–water partition coefficient (Wildman–Crippen LogP) is 1.87. The Kier molecular flexibility index (Phi) is 3.92. The first-order valence-electron chi connectivity index (χ1n) is 6.01. The lowest BCUT2D eigenvalue weighted by Crippen LogP contribution is -2.45. The molecule has 18 heavy (non-hydrogen) atoms. The van der Waals surface area contributed by atoms with Crippen LogP contribution >= 0.6 is 15.9 Å². The molecule has 98 valence electrons. The number of likely N-dealkylation sites (tertiary alicyclic amines) is 1. The summed E-state index contributed by atoms with van der Waals surface area (Å²) in [4.78, 5) is 14.0. The van der Waals surface area contributed by atoms with Gasteiger partial charge in [-0.05, 0) is 46.5 Å². The van der Waals surface area contributed by atoms with Crippen LogP contribution in [0.3, 0.4) is 0 Å². The molecule has 1 aromatic carbocycles. The number of β-amino-alcohol motifs (C(OH)–C–C–N with tert-alkyl or cyclic N) is 1. The second-order valence-electron chi connectivity index (χ2n) is 4.82. The second kappa shape index (κ2) is 5.28. The summed E-state index contributed by atoms with van der Waals surface area (Å²) in [5.74, 6) is 0.203. The van der Waals surface area contributed by atoms with Crippen molar-refractivity contribution in [3.8, 4) is 0 Å². The van der Waals surface area contributed by atoms with E-state index in [9.17, 15) is 9.90 Å². The molecule has 0 aliphatic carbocycles. The summed E-state index contributed by atoms with van der Waals surface area (Å²) < 4.78 is 0.722. The van der Waals surface area contributed by atoms with Crippen LogP contribution in [-0.4, -0.2) is 35.1 Å². The molecule has 0 bridgehead atoms. The van der Waals surface area contributed by atoms with Crippen LogP contribution in [0.15, 0.2) is 22.7 Å². The Morgan fingerprint density at radius 3 is 2.89 bits per heavy atom. The number of amides is 1. The summed E-state index contributed by atoms with van der Waals surface area (Å²) in [6.07, 6.45) is 0.406. The molecule has 0 radical (unpaired) electrons. The maximum Gasteiger partial charge on any atom is 0.253 e. The number of carbonyl (C=O) groups excluding carboxylic acids is 1. The van der Waals surface area contributed by atoms with E-state index >= 15 is 0 Å². The van der Waals surface area contributed by atoms with Crippen LogP contribution in [0.4, 0.5) is 5.69 Å². The van der Waals surface area contributed by atoms with Gasteiger partial charge in [-0.1, -0.05) is 6.92 Å². The maximum atomic E-state index is 12.3. The van der Waals surface area contributed by atoms with Gasteiger partial charge in [-0.3, -0.25) is 4.79 Å². The van der Waals surface area contributed by atoms with Crippen molar-refractivity contribution < 1.29 is 9.90 Å². The Hall–Kier alpha value is -1.07. The Bertz CT molecular complexity index is 464. The van der Waals surface area contributed by atoms with Crippen molar-refractivity contribution >= 4 is 27.5 Å². The van der Waals surface area contributed by atoms with E-state index in [0.717, 1.165) is 10.9 Å². The molecule has 1 saturated heterocycles. The summed E-state index contributed by atoms with van der Waals surface area (Å²) >= 11 is 3.31. The number of aliphatic hydroxyl groups is 1. The number of hydrogen-bond acceptors (Lipinski definition) is 3. The van der Waals surface area contributed by atoms with Crippen LogP contribution in [-0.2, 0) is 0 Å². The predicted molar refractivity (Wildman–Crippen MR) is 74.2 cm³/mol. The van der Waals surface area contributed by atoms with Crippen molar-refractivity contribution in [1.29, 1.82) is 0 Å². The topological polar surface area (TPSA) is 66.6 Å². The number of halogens is 1. The molecule has 2 atom stereocenters. The fraction of sp³-hybridized carbons (Fsp3) is 0.462. The Morgan fingerprint density at radius 1 is 1.56 bits per heavy atom. The van der Waals surface area contributed by atoms with Gasteiger partial charge < -0.3 is 15.7 Å². The number of nitrogens with zero attached hydrogens (tertiary/aromatic N) is 1. The van der Waals surface area contributed by atoms with Crippen molar-refractivity contribution in [3.63, 3.8) is 0 Å². The number of hydrogen-bond donors (Lipinski definition) is 2. The molecule has 4 nitrogen and oxygen atoms in total. The van der Waals surface area contributed by atoms with Crippen LogP contribution in [0.5, 0.6) is 0 Å². The maximum absolute atomic E-state index is 12.3. The van der Waals surface area contributed by atoms with Gasteiger partial charge in [0.25, 0.3) is 5.91 Å². The zero-order chi connectivity index (χ0) is 13.3. The highest BCUT2D eigenvalue weighted by atomic mass is 79.9. The largest absolute Gasteiger partial charge is 0.398 e. The van der Waals surface area contributed by atoms with Crippen molar-refractivity contribution in [3.05, 3.63) is 28.2 Å². The Labute approximate surface area is 115 Å². The van der Waals surface area contributed by atoms with Gasteiger partial charge in [0, 0.05) is 28.8 Å². The summed E-state index contributed by atoms with van der Waals surface area (Å²) in [6.45, 7) is 3.10. The van der Waals surface area contributed by atoms with Gasteiger partial charge in [-0.15, -0.1) is 0 Å². The van der Waals surface area contributed by atoms with Gasteiger partial charge >= 0.3 is 0 Å². The van der Waals surface area contributed by atoms with E-state index in [0.29, 0.717) is 24.3 Å². The number of nitrogen functional groups attached to an aromatic ring is 1. The molecule has 2 rings (SSSR count). The van der Waals surface area contributed by atoms with E-state index in [1.807, 2.05) is 6.92 Å². The Balaban J connectivity index is 2.14. The van der Waals surface area contributed by atoms with Gasteiger partial charge in [0.15, 0.2) is 0 Å². The van der Waals surface area contributed by atoms with E-state index in [-0.39, 0.29) is 11.8 Å². The van der Waals surface area contributed by atoms with Crippen molar-refractivity contribution in [1.82, 2.24) is 4.90 Å². The number of nitrogens with two attached hydrogens (primary N) is 1. The lowest BCUT2D eigenvalue weighted by atomic mass is 9.95. The molecule has 1 aliphatic rings. The SMILES string of the molecule is CC1CCN(C(=O)c2ccc(N)c(Br)c2)CC1O. The zero-order valence-corrected chi connectivity index (χ0v) is 11.9. The van der Waals surface area contributed by atoms with Crippen molar-refractivity contribution in [2.24, 2.45) is 5.92 Å². The normalized spacial score (nSPS) is 24.1. The summed E-state index contributed by atoms with van der Waals surface area (Å²) in [6, 6.07) is 5.15. The number of carbonyl (C=O) groups is 1. The first-order chi connectivity index (χ1) is 8.49. The summed E-state index contributed by atoms with van der Waals surface area (Å²) in [5.41, 5.74) is 6.90. The number of anilines is 1. The molecule has 5 heteroatoms. The molecule has 1 fully saturated rings. The fourth-order valence-corrected chi connectivity index (χ4v) is 2.45. The standard InChI is InChI=1S/C13H17BrN2O2/c1-8-4-5-16(7-12(8)17)13(18)9-2-3-11(15)10(14)6-9/h2-3,6,8,12,17H,4-5,7,15H2,1H3. The third-order valence-corrected chi connectivity index (χ3v) is 4.14. The average Bonchev–Trinajstić information content (AvgIpc) is 2.35. The lowest BCUT2D eigenvalue weighted by molar-refractivity contribution is 0.0248. The first kappa shape index (κ1) is 13.4. The molecule has 1 heterocycles. The van der Waals surface area contributed by atoms with Crippen LogP contribution in [0.25, 0.3) is 0 Å². The highest BCUT2D eigenvalue weighted by Gasteiger charge is 2.27. The average molecular weight is 313 g/mol. The number of aliphatic hydroxyl groups excluding tert-OH is 1. The molecule has 2 unspecified atom stereocenters.